The molecule has 6 nitrogen and oxygen atoms in total. The fraction of sp³-hybridized carbons (Fsp3) is 0.636. The Bertz CT molecular complexity index is 689. The number of guanidine groups is 1. The first-order chi connectivity index (χ1) is 13.6. The van der Waals surface area contributed by atoms with Crippen molar-refractivity contribution in [1.82, 2.24) is 20.4 Å². The van der Waals surface area contributed by atoms with Gasteiger partial charge in [0.25, 0.3) is 0 Å². The number of nitrogens with one attached hydrogen (secondary N) is 2. The number of amides is 1. The van der Waals surface area contributed by atoms with Gasteiger partial charge in [-0.25, -0.2) is 0 Å². The van der Waals surface area contributed by atoms with Crippen LogP contribution in [0.1, 0.15) is 44.7 Å². The first kappa shape index (κ1) is 20.6. The molecule has 0 saturated carbocycles. The summed E-state index contributed by atoms with van der Waals surface area (Å²) in [7, 11) is 0. The molecule has 2 heterocycles. The first-order valence-corrected chi connectivity index (χ1v) is 10.7. The number of hydrogen-bond donors (Lipinski definition) is 2. The van der Waals surface area contributed by atoms with Gasteiger partial charge in [0.05, 0.1) is 6.54 Å². The highest BCUT2D eigenvalue weighted by molar-refractivity contribution is 5.80. The quantitative estimate of drug-likeness (QED) is 0.581. The number of nitrogens with zero attached hydrogens (tertiary/aromatic N) is 3. The monoisotopic (exact) mass is 385 g/mol. The van der Waals surface area contributed by atoms with Gasteiger partial charge in [-0.2, -0.15) is 0 Å². The lowest BCUT2D eigenvalue weighted by Gasteiger charge is -2.33. The van der Waals surface area contributed by atoms with Crippen molar-refractivity contribution in [3.8, 4) is 0 Å². The molecule has 1 amide bonds. The van der Waals surface area contributed by atoms with Gasteiger partial charge in [0.1, 0.15) is 0 Å². The average Bonchev–Trinajstić information content (AvgIpc) is 3.19. The molecule has 2 unspecified atom stereocenters. The lowest BCUT2D eigenvalue weighted by atomic mass is 9.99. The largest absolute Gasteiger partial charge is 0.357 e. The molecule has 0 aromatic heterocycles. The second-order valence-corrected chi connectivity index (χ2v) is 7.88. The summed E-state index contributed by atoms with van der Waals surface area (Å²) in [6.45, 7) is 11.6. The number of fused-ring (bicyclic) bond motifs is 1. The third-order valence-corrected chi connectivity index (χ3v) is 5.83. The van der Waals surface area contributed by atoms with Crippen LogP contribution in [-0.4, -0.2) is 66.5 Å². The zero-order valence-corrected chi connectivity index (χ0v) is 17.6. The summed E-state index contributed by atoms with van der Waals surface area (Å²) in [4.78, 5) is 21.2. The lowest BCUT2D eigenvalue weighted by Crippen LogP contribution is -2.46. The fourth-order valence-corrected chi connectivity index (χ4v) is 4.07. The molecule has 0 aliphatic carbocycles. The van der Waals surface area contributed by atoms with Crippen molar-refractivity contribution in [3.05, 3.63) is 35.4 Å². The summed E-state index contributed by atoms with van der Waals surface area (Å²) in [6, 6.07) is 9.43. The molecule has 2 aliphatic rings. The van der Waals surface area contributed by atoms with E-state index in [9.17, 15) is 4.79 Å². The predicted molar refractivity (Wildman–Crippen MR) is 114 cm³/mol. The van der Waals surface area contributed by atoms with Crippen LogP contribution in [0.4, 0.5) is 0 Å². The van der Waals surface area contributed by atoms with Gasteiger partial charge in [-0.15, -0.1) is 0 Å². The highest BCUT2D eigenvalue weighted by Gasteiger charge is 2.26. The Hall–Kier alpha value is -2.08. The molecule has 1 saturated heterocycles. The van der Waals surface area contributed by atoms with Crippen LogP contribution in [0.3, 0.4) is 0 Å². The molecule has 1 aromatic carbocycles. The standard InChI is InChI=1S/C22H35N5O/c1-4-21(28)27-13-11-20(16-27)25-22(23-5-2)24-14-17(3)26-12-10-18-8-6-7-9-19(18)15-26/h6-9,17,20H,4-5,10-16H2,1-3H3,(H2,23,24,25). The third kappa shape index (κ3) is 5.25. The average molecular weight is 386 g/mol. The van der Waals surface area contributed by atoms with E-state index < -0.39 is 0 Å². The first-order valence-electron chi connectivity index (χ1n) is 10.7. The zero-order valence-electron chi connectivity index (χ0n) is 17.6. The number of aliphatic imine (C=N–C) groups is 1. The van der Waals surface area contributed by atoms with E-state index in [-0.39, 0.29) is 11.9 Å². The van der Waals surface area contributed by atoms with Gasteiger partial charge < -0.3 is 15.5 Å². The minimum atomic E-state index is 0.241. The number of benzene rings is 1. The Kier molecular flexibility index (Phi) is 7.31. The Balaban J connectivity index is 1.53. The van der Waals surface area contributed by atoms with Crippen molar-refractivity contribution >= 4 is 11.9 Å². The van der Waals surface area contributed by atoms with E-state index in [1.807, 2.05) is 11.8 Å². The van der Waals surface area contributed by atoms with Gasteiger partial charge in [-0.3, -0.25) is 14.7 Å². The van der Waals surface area contributed by atoms with E-state index in [1.165, 1.54) is 11.1 Å². The molecule has 1 fully saturated rings. The van der Waals surface area contributed by atoms with E-state index in [2.05, 4.69) is 53.6 Å². The van der Waals surface area contributed by atoms with Crippen LogP contribution in [0.15, 0.2) is 29.3 Å². The van der Waals surface area contributed by atoms with Crippen LogP contribution >= 0.6 is 0 Å². The van der Waals surface area contributed by atoms with Gasteiger partial charge in [0, 0.05) is 51.2 Å². The summed E-state index contributed by atoms with van der Waals surface area (Å²) in [6.07, 6.45) is 2.68. The Morgan fingerprint density at radius 1 is 1.25 bits per heavy atom. The third-order valence-electron chi connectivity index (χ3n) is 5.83. The minimum absolute atomic E-state index is 0.241. The van der Waals surface area contributed by atoms with Crippen LogP contribution in [0.25, 0.3) is 0 Å². The maximum Gasteiger partial charge on any atom is 0.222 e. The van der Waals surface area contributed by atoms with E-state index >= 15 is 0 Å². The van der Waals surface area contributed by atoms with Crippen LogP contribution < -0.4 is 10.6 Å². The molecule has 28 heavy (non-hydrogen) atoms. The second-order valence-electron chi connectivity index (χ2n) is 7.88. The highest BCUT2D eigenvalue weighted by Crippen LogP contribution is 2.20. The van der Waals surface area contributed by atoms with Gasteiger partial charge in [-0.05, 0) is 37.8 Å². The molecule has 2 N–H and O–H groups in total. The van der Waals surface area contributed by atoms with Crippen molar-refractivity contribution in [3.63, 3.8) is 0 Å². The van der Waals surface area contributed by atoms with E-state index in [0.29, 0.717) is 12.5 Å². The van der Waals surface area contributed by atoms with E-state index in [4.69, 9.17) is 4.99 Å². The van der Waals surface area contributed by atoms with Crippen molar-refractivity contribution < 1.29 is 4.79 Å². The van der Waals surface area contributed by atoms with Gasteiger partial charge in [0.2, 0.25) is 5.91 Å². The van der Waals surface area contributed by atoms with Gasteiger partial charge in [0.15, 0.2) is 5.96 Å². The van der Waals surface area contributed by atoms with Gasteiger partial charge in [-0.1, -0.05) is 31.2 Å². The molecular weight excluding hydrogens is 350 g/mol. The smallest absolute Gasteiger partial charge is 0.222 e. The number of carbonyl (C=O) groups excluding carboxylic acids is 1. The predicted octanol–water partition coefficient (Wildman–Crippen LogP) is 2.00. The molecule has 1 aromatic rings. The van der Waals surface area contributed by atoms with Crippen LogP contribution in [-0.2, 0) is 17.8 Å². The molecule has 0 bridgehead atoms. The Labute approximate surface area is 169 Å². The van der Waals surface area contributed by atoms with Crippen LogP contribution in [0.5, 0.6) is 0 Å². The summed E-state index contributed by atoms with van der Waals surface area (Å²) in [5, 5.41) is 6.88. The van der Waals surface area contributed by atoms with Crippen molar-refractivity contribution in [1.29, 1.82) is 0 Å². The Morgan fingerprint density at radius 2 is 2.04 bits per heavy atom. The lowest BCUT2D eigenvalue weighted by molar-refractivity contribution is -0.129. The molecule has 0 spiro atoms. The number of rotatable bonds is 6. The second kappa shape index (κ2) is 9.92. The number of carbonyl (C=O) groups is 1. The fourth-order valence-electron chi connectivity index (χ4n) is 4.07. The van der Waals surface area contributed by atoms with E-state index in [1.54, 1.807) is 0 Å². The van der Waals surface area contributed by atoms with Crippen molar-refractivity contribution in [2.45, 2.75) is 58.7 Å². The normalized spacial score (nSPS) is 21.3. The number of likely N-dealkylation sites (tertiary alicyclic amines) is 1. The van der Waals surface area contributed by atoms with Crippen molar-refractivity contribution in [2.24, 2.45) is 4.99 Å². The summed E-state index contributed by atoms with van der Waals surface area (Å²) in [5.41, 5.74) is 2.93. The molecular formula is C22H35N5O. The summed E-state index contributed by atoms with van der Waals surface area (Å²) in [5.74, 6) is 1.10. The summed E-state index contributed by atoms with van der Waals surface area (Å²) >= 11 is 0. The van der Waals surface area contributed by atoms with Crippen molar-refractivity contribution in [2.75, 3.05) is 32.7 Å². The topological polar surface area (TPSA) is 60.0 Å². The maximum absolute atomic E-state index is 11.9. The molecule has 6 heteroatoms. The maximum atomic E-state index is 11.9. The highest BCUT2D eigenvalue weighted by atomic mass is 16.2. The minimum Gasteiger partial charge on any atom is -0.357 e. The van der Waals surface area contributed by atoms with Gasteiger partial charge >= 0.3 is 0 Å². The van der Waals surface area contributed by atoms with E-state index in [0.717, 1.165) is 58.1 Å². The molecule has 2 aliphatic heterocycles. The summed E-state index contributed by atoms with van der Waals surface area (Å²) < 4.78 is 0. The van der Waals surface area contributed by atoms with Crippen LogP contribution in [0, 0.1) is 0 Å². The molecule has 154 valence electrons. The molecule has 3 rings (SSSR count). The zero-order chi connectivity index (χ0) is 19.9. The number of hydrogen-bond acceptors (Lipinski definition) is 3. The molecule has 2 atom stereocenters. The van der Waals surface area contributed by atoms with Crippen LogP contribution in [0.2, 0.25) is 0 Å². The Morgan fingerprint density at radius 3 is 2.79 bits per heavy atom. The SMILES string of the molecule is CCNC(=NCC(C)N1CCc2ccccc2C1)NC1CCN(C(=O)CC)C1. The molecule has 0 radical (unpaired) electrons.